The first-order valence-corrected chi connectivity index (χ1v) is 8.29. The van der Waals surface area contributed by atoms with Crippen molar-refractivity contribution in [2.75, 3.05) is 13.7 Å². The highest BCUT2D eigenvalue weighted by Gasteiger charge is 2.33. The standard InChI is InChI=1S/C19H23ClN2O2/c1-19(2,15-8-4-5-9-16(15)20)18(23)22-17(10-12-24-3)14-7-6-11-21-13-14/h4-9,11,13,17H,10,12H2,1-3H3,(H,22,23). The third-order valence-electron chi connectivity index (χ3n) is 4.12. The van der Waals surface area contributed by atoms with Crippen molar-refractivity contribution in [1.29, 1.82) is 0 Å². The number of methoxy groups -OCH3 is 1. The van der Waals surface area contributed by atoms with Crippen LogP contribution in [0.15, 0.2) is 48.8 Å². The fourth-order valence-corrected chi connectivity index (χ4v) is 2.94. The zero-order valence-corrected chi connectivity index (χ0v) is 15.0. The van der Waals surface area contributed by atoms with Crippen molar-refractivity contribution in [2.45, 2.75) is 31.7 Å². The van der Waals surface area contributed by atoms with Crippen LogP contribution < -0.4 is 5.32 Å². The highest BCUT2D eigenvalue weighted by atomic mass is 35.5. The Labute approximate surface area is 148 Å². The normalized spacial score (nSPS) is 12.7. The van der Waals surface area contributed by atoms with Crippen molar-refractivity contribution in [1.82, 2.24) is 10.3 Å². The summed E-state index contributed by atoms with van der Waals surface area (Å²) in [6, 6.07) is 11.1. The van der Waals surface area contributed by atoms with Crippen LogP contribution in [0, 0.1) is 0 Å². The zero-order valence-electron chi connectivity index (χ0n) is 14.3. The molecule has 1 aromatic carbocycles. The van der Waals surface area contributed by atoms with Gasteiger partial charge in [0.25, 0.3) is 0 Å². The predicted octanol–water partition coefficient (Wildman–Crippen LogP) is 3.91. The number of rotatable bonds is 7. The average molecular weight is 347 g/mol. The molecule has 0 bridgehead atoms. The Morgan fingerprint density at radius 3 is 2.67 bits per heavy atom. The largest absolute Gasteiger partial charge is 0.385 e. The van der Waals surface area contributed by atoms with Crippen LogP contribution in [0.25, 0.3) is 0 Å². The number of ether oxygens (including phenoxy) is 1. The van der Waals surface area contributed by atoms with E-state index in [1.54, 1.807) is 25.6 Å². The summed E-state index contributed by atoms with van der Waals surface area (Å²) in [4.78, 5) is 17.1. The van der Waals surface area contributed by atoms with Crippen molar-refractivity contribution >= 4 is 17.5 Å². The second kappa shape index (κ2) is 8.27. The van der Waals surface area contributed by atoms with E-state index in [1.165, 1.54) is 0 Å². The van der Waals surface area contributed by atoms with Crippen LogP contribution in [-0.4, -0.2) is 24.6 Å². The van der Waals surface area contributed by atoms with Gasteiger partial charge in [0.05, 0.1) is 11.5 Å². The van der Waals surface area contributed by atoms with Crippen LogP contribution in [0.5, 0.6) is 0 Å². The first-order chi connectivity index (χ1) is 11.5. The van der Waals surface area contributed by atoms with Crippen molar-refractivity contribution in [2.24, 2.45) is 0 Å². The molecule has 1 amide bonds. The summed E-state index contributed by atoms with van der Waals surface area (Å²) in [5, 5.41) is 3.71. The molecule has 0 saturated carbocycles. The van der Waals surface area contributed by atoms with Crippen molar-refractivity contribution < 1.29 is 9.53 Å². The maximum absolute atomic E-state index is 12.9. The highest BCUT2D eigenvalue weighted by molar-refractivity contribution is 6.31. The van der Waals surface area contributed by atoms with Crippen LogP contribution in [0.4, 0.5) is 0 Å². The van der Waals surface area contributed by atoms with E-state index in [0.29, 0.717) is 18.1 Å². The molecule has 0 fully saturated rings. The highest BCUT2D eigenvalue weighted by Crippen LogP contribution is 2.31. The second-order valence-corrected chi connectivity index (χ2v) is 6.61. The minimum atomic E-state index is -0.744. The Morgan fingerprint density at radius 1 is 1.29 bits per heavy atom. The van der Waals surface area contributed by atoms with Gasteiger partial charge in [-0.15, -0.1) is 0 Å². The van der Waals surface area contributed by atoms with E-state index in [9.17, 15) is 4.79 Å². The minimum absolute atomic E-state index is 0.0828. The van der Waals surface area contributed by atoms with Gasteiger partial charge in [-0.05, 0) is 43.5 Å². The summed E-state index contributed by atoms with van der Waals surface area (Å²) in [6.45, 7) is 4.30. The summed E-state index contributed by atoms with van der Waals surface area (Å²) in [6.07, 6.45) is 4.15. The number of carbonyl (C=O) groups excluding carboxylic acids is 1. The van der Waals surface area contributed by atoms with Gasteiger partial charge in [-0.25, -0.2) is 0 Å². The Morgan fingerprint density at radius 2 is 2.04 bits per heavy atom. The number of hydrogen-bond donors (Lipinski definition) is 1. The number of halogens is 1. The van der Waals surface area contributed by atoms with Crippen molar-refractivity contribution in [3.05, 3.63) is 64.9 Å². The number of hydrogen-bond acceptors (Lipinski definition) is 3. The van der Waals surface area contributed by atoms with Crippen LogP contribution in [0.2, 0.25) is 5.02 Å². The van der Waals surface area contributed by atoms with Gasteiger partial charge in [0.15, 0.2) is 0 Å². The molecule has 0 saturated heterocycles. The Bertz CT molecular complexity index is 674. The first-order valence-electron chi connectivity index (χ1n) is 7.91. The second-order valence-electron chi connectivity index (χ2n) is 6.20. The van der Waals surface area contributed by atoms with E-state index in [0.717, 1.165) is 11.1 Å². The van der Waals surface area contributed by atoms with Crippen LogP contribution >= 0.6 is 11.6 Å². The number of pyridine rings is 1. The van der Waals surface area contributed by atoms with Gasteiger partial charge in [-0.2, -0.15) is 0 Å². The summed E-state index contributed by atoms with van der Waals surface area (Å²) in [7, 11) is 1.65. The van der Waals surface area contributed by atoms with E-state index in [4.69, 9.17) is 16.3 Å². The SMILES string of the molecule is COCCC(NC(=O)C(C)(C)c1ccccc1Cl)c1cccnc1. The van der Waals surface area contributed by atoms with Crippen molar-refractivity contribution in [3.63, 3.8) is 0 Å². The number of amides is 1. The maximum Gasteiger partial charge on any atom is 0.230 e. The van der Waals surface area contributed by atoms with Gasteiger partial charge in [0.2, 0.25) is 5.91 Å². The van der Waals surface area contributed by atoms with E-state index in [2.05, 4.69) is 10.3 Å². The molecule has 1 heterocycles. The lowest BCUT2D eigenvalue weighted by molar-refractivity contribution is -0.126. The molecule has 2 aromatic rings. The van der Waals surface area contributed by atoms with E-state index < -0.39 is 5.41 Å². The smallest absolute Gasteiger partial charge is 0.230 e. The van der Waals surface area contributed by atoms with Crippen LogP contribution in [0.3, 0.4) is 0 Å². The minimum Gasteiger partial charge on any atom is -0.385 e. The number of nitrogens with one attached hydrogen (secondary N) is 1. The van der Waals surface area contributed by atoms with Crippen LogP contribution in [0.1, 0.15) is 37.4 Å². The predicted molar refractivity (Wildman–Crippen MR) is 96.1 cm³/mol. The molecule has 24 heavy (non-hydrogen) atoms. The van der Waals surface area contributed by atoms with E-state index in [1.807, 2.05) is 44.2 Å². The number of carbonyl (C=O) groups is 1. The number of aromatic nitrogens is 1. The molecule has 1 aromatic heterocycles. The van der Waals surface area contributed by atoms with E-state index >= 15 is 0 Å². The molecule has 0 spiro atoms. The maximum atomic E-state index is 12.9. The van der Waals surface area contributed by atoms with Gasteiger partial charge in [-0.1, -0.05) is 35.9 Å². The topological polar surface area (TPSA) is 51.2 Å². The summed E-state index contributed by atoms with van der Waals surface area (Å²) in [5.74, 6) is -0.0828. The fourth-order valence-electron chi connectivity index (χ4n) is 2.57. The van der Waals surface area contributed by atoms with Crippen molar-refractivity contribution in [3.8, 4) is 0 Å². The molecule has 5 heteroatoms. The summed E-state index contributed by atoms with van der Waals surface area (Å²) < 4.78 is 5.17. The molecule has 0 aliphatic heterocycles. The molecular formula is C19H23ClN2O2. The molecule has 4 nitrogen and oxygen atoms in total. The quantitative estimate of drug-likeness (QED) is 0.827. The first kappa shape index (κ1) is 18.4. The van der Waals surface area contributed by atoms with Crippen LogP contribution in [-0.2, 0) is 14.9 Å². The Hall–Kier alpha value is -1.91. The lowest BCUT2D eigenvalue weighted by Gasteiger charge is -2.28. The number of nitrogens with zero attached hydrogens (tertiary/aromatic N) is 1. The third kappa shape index (κ3) is 4.34. The fraction of sp³-hybridized carbons (Fsp3) is 0.368. The van der Waals surface area contributed by atoms with Gasteiger partial charge < -0.3 is 10.1 Å². The average Bonchev–Trinajstić information content (AvgIpc) is 2.59. The molecule has 1 atom stereocenters. The summed E-state index contributed by atoms with van der Waals surface area (Å²) in [5.41, 5.74) is 1.02. The van der Waals surface area contributed by atoms with Gasteiger partial charge in [0, 0.05) is 31.1 Å². The molecule has 0 aliphatic carbocycles. The molecule has 0 radical (unpaired) electrons. The molecule has 1 unspecified atom stereocenters. The monoisotopic (exact) mass is 346 g/mol. The zero-order chi connectivity index (χ0) is 17.6. The van der Waals surface area contributed by atoms with Gasteiger partial charge in [0.1, 0.15) is 0 Å². The molecule has 2 rings (SSSR count). The Balaban J connectivity index is 2.22. The van der Waals surface area contributed by atoms with Gasteiger partial charge in [-0.3, -0.25) is 9.78 Å². The third-order valence-corrected chi connectivity index (χ3v) is 4.45. The lowest BCUT2D eigenvalue weighted by atomic mass is 9.83. The lowest BCUT2D eigenvalue weighted by Crippen LogP contribution is -2.42. The van der Waals surface area contributed by atoms with Gasteiger partial charge >= 0.3 is 0 Å². The van der Waals surface area contributed by atoms with E-state index in [-0.39, 0.29) is 11.9 Å². The summed E-state index contributed by atoms with van der Waals surface area (Å²) >= 11 is 6.28. The molecule has 128 valence electrons. The molecule has 0 aliphatic rings. The number of benzene rings is 1. The Kier molecular flexibility index (Phi) is 6.35. The molecule has 1 N–H and O–H groups in total. The molecular weight excluding hydrogens is 324 g/mol.